The van der Waals surface area contributed by atoms with Crippen LogP contribution in [0.2, 0.25) is 0 Å². The highest BCUT2D eigenvalue weighted by molar-refractivity contribution is 7.10. The molecule has 0 saturated heterocycles. The number of hydrogen-bond donors (Lipinski definition) is 1. The van der Waals surface area contributed by atoms with Crippen LogP contribution in [0.3, 0.4) is 0 Å². The Hall–Kier alpha value is -1.32. The summed E-state index contributed by atoms with van der Waals surface area (Å²) >= 11 is 1.78. The number of hydrogen-bond acceptors (Lipinski definition) is 3. The second-order valence-corrected chi connectivity index (χ2v) is 6.48. The van der Waals surface area contributed by atoms with Gasteiger partial charge in [-0.05, 0) is 41.5 Å². The molecule has 20 heavy (non-hydrogen) atoms. The lowest BCUT2D eigenvalue weighted by Gasteiger charge is -2.14. The van der Waals surface area contributed by atoms with Crippen LogP contribution in [0.25, 0.3) is 0 Å². The molecule has 0 aliphatic carbocycles. The zero-order valence-corrected chi connectivity index (χ0v) is 13.0. The van der Waals surface area contributed by atoms with Crippen LogP contribution in [-0.2, 0) is 6.42 Å². The third-order valence-corrected chi connectivity index (χ3v) is 4.23. The van der Waals surface area contributed by atoms with E-state index in [2.05, 4.69) is 49.6 Å². The van der Waals surface area contributed by atoms with Crippen LogP contribution in [0.15, 0.2) is 41.8 Å². The normalized spacial score (nSPS) is 12.6. The summed E-state index contributed by atoms with van der Waals surface area (Å²) in [5.74, 6) is 1.90. The van der Waals surface area contributed by atoms with E-state index in [0.29, 0.717) is 18.4 Å². The van der Waals surface area contributed by atoms with Crippen LogP contribution in [-0.4, -0.2) is 13.2 Å². The first kappa shape index (κ1) is 15.1. The topological polar surface area (TPSA) is 35.2 Å². The van der Waals surface area contributed by atoms with Crippen LogP contribution < -0.4 is 10.5 Å². The fourth-order valence-corrected chi connectivity index (χ4v) is 2.98. The van der Waals surface area contributed by atoms with E-state index in [1.165, 1.54) is 10.4 Å². The van der Waals surface area contributed by atoms with Gasteiger partial charge in [0, 0.05) is 17.3 Å². The SMILES string of the molecule is CC(C)COc1cccc(CC(CN)c2cccs2)c1. The van der Waals surface area contributed by atoms with Gasteiger partial charge in [-0.15, -0.1) is 11.3 Å². The Bertz CT molecular complexity index is 507. The van der Waals surface area contributed by atoms with Crippen molar-refractivity contribution >= 4 is 11.3 Å². The molecule has 0 aliphatic rings. The molecule has 0 bridgehead atoms. The van der Waals surface area contributed by atoms with Crippen molar-refractivity contribution in [1.29, 1.82) is 0 Å². The number of rotatable bonds is 7. The van der Waals surface area contributed by atoms with E-state index in [-0.39, 0.29) is 0 Å². The average molecular weight is 289 g/mol. The van der Waals surface area contributed by atoms with E-state index in [9.17, 15) is 0 Å². The maximum absolute atomic E-state index is 5.92. The fraction of sp³-hybridized carbons (Fsp3) is 0.412. The van der Waals surface area contributed by atoms with Gasteiger partial charge in [-0.25, -0.2) is 0 Å². The quantitative estimate of drug-likeness (QED) is 0.834. The molecule has 0 amide bonds. The molecule has 0 fully saturated rings. The first-order valence-corrected chi connectivity index (χ1v) is 8.02. The smallest absolute Gasteiger partial charge is 0.119 e. The van der Waals surface area contributed by atoms with Crippen molar-refractivity contribution in [2.24, 2.45) is 11.7 Å². The van der Waals surface area contributed by atoms with Gasteiger partial charge in [0.05, 0.1) is 6.61 Å². The van der Waals surface area contributed by atoms with Gasteiger partial charge in [0.2, 0.25) is 0 Å². The fourth-order valence-electron chi connectivity index (χ4n) is 2.13. The molecule has 108 valence electrons. The van der Waals surface area contributed by atoms with Crippen molar-refractivity contribution in [1.82, 2.24) is 0 Å². The van der Waals surface area contributed by atoms with Crippen molar-refractivity contribution in [2.45, 2.75) is 26.2 Å². The van der Waals surface area contributed by atoms with Crippen molar-refractivity contribution in [3.05, 3.63) is 52.2 Å². The highest BCUT2D eigenvalue weighted by atomic mass is 32.1. The summed E-state index contributed by atoms with van der Waals surface area (Å²) in [5.41, 5.74) is 7.21. The van der Waals surface area contributed by atoms with Crippen molar-refractivity contribution in [2.75, 3.05) is 13.2 Å². The van der Waals surface area contributed by atoms with Crippen molar-refractivity contribution in [3.63, 3.8) is 0 Å². The highest BCUT2D eigenvalue weighted by Gasteiger charge is 2.12. The predicted molar refractivity (Wildman–Crippen MR) is 86.6 cm³/mol. The third kappa shape index (κ3) is 4.36. The van der Waals surface area contributed by atoms with Gasteiger partial charge in [-0.3, -0.25) is 0 Å². The number of nitrogens with two attached hydrogens (primary N) is 1. The Morgan fingerprint density at radius 2 is 2.05 bits per heavy atom. The standard InChI is InChI=1S/C17H23NOS/c1-13(2)12-19-16-6-3-5-14(10-16)9-15(11-18)17-7-4-8-20-17/h3-8,10,13,15H,9,11-12,18H2,1-2H3. The molecule has 1 aromatic heterocycles. The summed E-state index contributed by atoms with van der Waals surface area (Å²) in [5, 5.41) is 2.11. The first-order valence-electron chi connectivity index (χ1n) is 7.14. The minimum Gasteiger partial charge on any atom is -0.493 e. The summed E-state index contributed by atoms with van der Waals surface area (Å²) in [7, 11) is 0. The lowest BCUT2D eigenvalue weighted by atomic mass is 9.98. The summed E-state index contributed by atoms with van der Waals surface area (Å²) < 4.78 is 5.79. The Balaban J connectivity index is 2.03. The Morgan fingerprint density at radius 1 is 1.20 bits per heavy atom. The molecule has 0 aliphatic heterocycles. The van der Waals surface area contributed by atoms with Gasteiger partial charge in [-0.1, -0.05) is 32.0 Å². The predicted octanol–water partition coefficient (Wildman–Crippen LogP) is 4.07. The van der Waals surface area contributed by atoms with Crippen LogP contribution in [0.4, 0.5) is 0 Å². The minimum absolute atomic E-state index is 0.398. The molecule has 3 heteroatoms. The molecule has 1 heterocycles. The first-order chi connectivity index (χ1) is 9.69. The molecule has 1 aromatic carbocycles. The Morgan fingerprint density at radius 3 is 2.70 bits per heavy atom. The molecular formula is C17H23NOS. The van der Waals surface area contributed by atoms with Gasteiger partial charge in [0.15, 0.2) is 0 Å². The molecule has 0 spiro atoms. The molecule has 0 saturated carbocycles. The van der Waals surface area contributed by atoms with Gasteiger partial charge in [0.25, 0.3) is 0 Å². The van der Waals surface area contributed by atoms with Crippen molar-refractivity contribution < 1.29 is 4.74 Å². The Kier molecular flexibility index (Phi) is 5.62. The van der Waals surface area contributed by atoms with E-state index in [0.717, 1.165) is 18.8 Å². The molecule has 1 unspecified atom stereocenters. The van der Waals surface area contributed by atoms with Gasteiger partial charge >= 0.3 is 0 Å². The lowest BCUT2D eigenvalue weighted by molar-refractivity contribution is 0.271. The van der Waals surface area contributed by atoms with E-state index >= 15 is 0 Å². The molecular weight excluding hydrogens is 266 g/mol. The summed E-state index contributed by atoms with van der Waals surface area (Å²) in [6, 6.07) is 12.6. The largest absolute Gasteiger partial charge is 0.493 e. The lowest BCUT2D eigenvalue weighted by Crippen LogP contribution is -2.14. The highest BCUT2D eigenvalue weighted by Crippen LogP contribution is 2.25. The molecule has 1 atom stereocenters. The van der Waals surface area contributed by atoms with E-state index in [4.69, 9.17) is 10.5 Å². The number of thiophene rings is 1. The monoisotopic (exact) mass is 289 g/mol. The van der Waals surface area contributed by atoms with Crippen LogP contribution in [0.5, 0.6) is 5.75 Å². The maximum Gasteiger partial charge on any atom is 0.119 e. The summed E-state index contributed by atoms with van der Waals surface area (Å²) in [4.78, 5) is 1.36. The zero-order chi connectivity index (χ0) is 14.4. The van der Waals surface area contributed by atoms with Crippen molar-refractivity contribution in [3.8, 4) is 5.75 Å². The van der Waals surface area contributed by atoms with E-state index < -0.39 is 0 Å². The molecule has 2 aromatic rings. The molecule has 2 N–H and O–H groups in total. The third-order valence-electron chi connectivity index (χ3n) is 3.19. The van der Waals surface area contributed by atoms with Gasteiger partial charge < -0.3 is 10.5 Å². The van der Waals surface area contributed by atoms with Crippen LogP contribution in [0.1, 0.15) is 30.2 Å². The number of benzene rings is 1. The summed E-state index contributed by atoms with van der Waals surface area (Å²) in [6.45, 7) is 5.75. The summed E-state index contributed by atoms with van der Waals surface area (Å²) in [6.07, 6.45) is 0.968. The van der Waals surface area contributed by atoms with Crippen LogP contribution in [0, 0.1) is 5.92 Å². The van der Waals surface area contributed by atoms with E-state index in [1.807, 2.05) is 6.07 Å². The number of ether oxygens (including phenoxy) is 1. The maximum atomic E-state index is 5.92. The zero-order valence-electron chi connectivity index (χ0n) is 12.2. The van der Waals surface area contributed by atoms with Gasteiger partial charge in [0.1, 0.15) is 5.75 Å². The molecule has 2 rings (SSSR count). The van der Waals surface area contributed by atoms with E-state index in [1.54, 1.807) is 11.3 Å². The second kappa shape index (κ2) is 7.46. The minimum atomic E-state index is 0.398. The molecule has 0 radical (unpaired) electrons. The average Bonchev–Trinajstić information content (AvgIpc) is 2.97. The molecule has 2 nitrogen and oxygen atoms in total. The van der Waals surface area contributed by atoms with Crippen LogP contribution >= 0.6 is 11.3 Å². The Labute approximate surface area is 125 Å². The second-order valence-electron chi connectivity index (χ2n) is 5.50. The van der Waals surface area contributed by atoms with Gasteiger partial charge in [-0.2, -0.15) is 0 Å².